The van der Waals surface area contributed by atoms with Gasteiger partial charge in [0.05, 0.1) is 11.9 Å². The average molecular weight is 389 g/mol. The topological polar surface area (TPSA) is 85.3 Å². The molecule has 1 atom stereocenters. The molecule has 0 aliphatic heterocycles. The summed E-state index contributed by atoms with van der Waals surface area (Å²) in [5.74, 6) is -0.909. The van der Waals surface area contributed by atoms with E-state index < -0.39 is 18.1 Å². The lowest BCUT2D eigenvalue weighted by Gasteiger charge is -2.16. The van der Waals surface area contributed by atoms with Crippen LogP contribution in [0.15, 0.2) is 41.3 Å². The molecule has 0 aliphatic carbocycles. The van der Waals surface area contributed by atoms with Gasteiger partial charge >= 0.3 is 6.18 Å². The Labute approximate surface area is 156 Å². The molecular weight excluding hydrogens is 375 g/mol. The zero-order valence-corrected chi connectivity index (χ0v) is 14.8. The third-order valence-corrected chi connectivity index (χ3v) is 4.35. The molecule has 7 nitrogen and oxygen atoms in total. The van der Waals surface area contributed by atoms with Gasteiger partial charge in [0.25, 0.3) is 5.91 Å². The smallest absolute Gasteiger partial charge is 0.408 e. The van der Waals surface area contributed by atoms with Crippen LogP contribution in [-0.4, -0.2) is 37.7 Å². The second kappa shape index (κ2) is 6.32. The molecule has 3 heterocycles. The van der Waals surface area contributed by atoms with Crippen molar-refractivity contribution in [2.45, 2.75) is 26.1 Å². The summed E-state index contributed by atoms with van der Waals surface area (Å²) in [6, 6.07) is 5.08. The highest BCUT2D eigenvalue weighted by Crippen LogP contribution is 2.25. The van der Waals surface area contributed by atoms with E-state index in [0.29, 0.717) is 28.0 Å². The lowest BCUT2D eigenvalue weighted by atomic mass is 10.1. The second-order valence-corrected chi connectivity index (χ2v) is 6.36. The molecule has 0 radical (unpaired) electrons. The standard InChI is InChI=1S/C18H14F3N5O2/c1-9-5-12(11-3-4-15-13(6-11)23-8-28-15)25-26-14(7-22-16(9)26)17(27)24-10(2)18(19,20)21/h3-8,10H,1-2H3,(H,24,27)/t10-/m1/s1. The van der Waals surface area contributed by atoms with E-state index in [1.165, 1.54) is 17.1 Å². The number of oxazole rings is 1. The summed E-state index contributed by atoms with van der Waals surface area (Å²) in [5, 5.41) is 6.33. The Bertz CT molecular complexity index is 1200. The number of benzene rings is 1. The quantitative estimate of drug-likeness (QED) is 0.579. The lowest BCUT2D eigenvalue weighted by molar-refractivity contribution is -0.149. The number of hydrogen-bond donors (Lipinski definition) is 1. The van der Waals surface area contributed by atoms with Gasteiger partial charge in [-0.25, -0.2) is 14.5 Å². The van der Waals surface area contributed by atoms with Crippen LogP contribution < -0.4 is 5.32 Å². The zero-order valence-electron chi connectivity index (χ0n) is 14.8. The fraction of sp³-hybridized carbons (Fsp3) is 0.222. The van der Waals surface area contributed by atoms with E-state index in [4.69, 9.17) is 4.42 Å². The summed E-state index contributed by atoms with van der Waals surface area (Å²) in [6.07, 6.45) is -2.01. The maximum absolute atomic E-state index is 12.7. The molecule has 28 heavy (non-hydrogen) atoms. The summed E-state index contributed by atoms with van der Waals surface area (Å²) >= 11 is 0. The number of alkyl halides is 3. The minimum Gasteiger partial charge on any atom is -0.443 e. The summed E-state index contributed by atoms with van der Waals surface area (Å²) in [6.45, 7) is 2.65. The largest absolute Gasteiger partial charge is 0.443 e. The molecule has 0 saturated carbocycles. The Hall–Kier alpha value is -3.43. The monoisotopic (exact) mass is 389 g/mol. The highest BCUT2D eigenvalue weighted by atomic mass is 19.4. The first-order chi connectivity index (χ1) is 13.2. The van der Waals surface area contributed by atoms with Crippen LogP contribution in [0, 0.1) is 6.92 Å². The minimum atomic E-state index is -4.54. The van der Waals surface area contributed by atoms with Crippen LogP contribution in [0.4, 0.5) is 13.2 Å². The molecule has 144 valence electrons. The average Bonchev–Trinajstić information content (AvgIpc) is 3.26. The number of aryl methyl sites for hydroxylation is 1. The molecule has 1 aromatic carbocycles. The second-order valence-electron chi connectivity index (χ2n) is 6.36. The van der Waals surface area contributed by atoms with Gasteiger partial charge in [0, 0.05) is 5.56 Å². The van der Waals surface area contributed by atoms with E-state index in [1.54, 1.807) is 31.2 Å². The molecule has 0 saturated heterocycles. The molecule has 0 bridgehead atoms. The van der Waals surface area contributed by atoms with E-state index >= 15 is 0 Å². The molecular formula is C18H14F3N5O2. The molecule has 10 heteroatoms. The highest BCUT2D eigenvalue weighted by molar-refractivity contribution is 5.93. The van der Waals surface area contributed by atoms with E-state index in [1.807, 2.05) is 5.32 Å². The number of carbonyl (C=O) groups excluding carboxylic acids is 1. The normalized spacial score (nSPS) is 13.2. The molecule has 4 rings (SSSR count). The number of nitrogens with one attached hydrogen (secondary N) is 1. The molecule has 1 N–H and O–H groups in total. The fourth-order valence-electron chi connectivity index (χ4n) is 2.79. The molecule has 4 aromatic rings. The van der Waals surface area contributed by atoms with Crippen molar-refractivity contribution in [3.8, 4) is 11.3 Å². The third kappa shape index (κ3) is 3.06. The van der Waals surface area contributed by atoms with Gasteiger partial charge in [-0.05, 0) is 43.7 Å². The van der Waals surface area contributed by atoms with Crippen molar-refractivity contribution in [1.82, 2.24) is 24.9 Å². The van der Waals surface area contributed by atoms with Gasteiger partial charge in [-0.2, -0.15) is 18.3 Å². The first-order valence-electron chi connectivity index (χ1n) is 8.30. The molecule has 3 aromatic heterocycles. The van der Waals surface area contributed by atoms with Crippen LogP contribution >= 0.6 is 0 Å². The van der Waals surface area contributed by atoms with Crippen LogP contribution in [0.1, 0.15) is 23.0 Å². The SMILES string of the molecule is Cc1cc(-c2ccc3ocnc3c2)nn2c(C(=O)N[C@H](C)C(F)(F)F)cnc12. The highest BCUT2D eigenvalue weighted by Gasteiger charge is 2.37. The first-order valence-corrected chi connectivity index (χ1v) is 8.30. The number of imidazole rings is 1. The van der Waals surface area contributed by atoms with Gasteiger partial charge in [-0.1, -0.05) is 0 Å². The van der Waals surface area contributed by atoms with Crippen LogP contribution in [0.3, 0.4) is 0 Å². The van der Waals surface area contributed by atoms with Gasteiger partial charge in [0.1, 0.15) is 11.6 Å². The number of amides is 1. The lowest BCUT2D eigenvalue weighted by Crippen LogP contribution is -2.43. The van der Waals surface area contributed by atoms with Crippen molar-refractivity contribution in [2.24, 2.45) is 0 Å². The summed E-state index contributed by atoms with van der Waals surface area (Å²) < 4.78 is 44.7. The van der Waals surface area contributed by atoms with Gasteiger partial charge in [0.2, 0.25) is 0 Å². The summed E-state index contributed by atoms with van der Waals surface area (Å²) in [7, 11) is 0. The number of halogens is 3. The van der Waals surface area contributed by atoms with Crippen molar-refractivity contribution >= 4 is 22.7 Å². The number of rotatable bonds is 3. The third-order valence-electron chi connectivity index (χ3n) is 4.35. The Morgan fingerprint density at radius 3 is 2.79 bits per heavy atom. The molecule has 0 aliphatic rings. The first kappa shape index (κ1) is 18.0. The van der Waals surface area contributed by atoms with E-state index in [9.17, 15) is 18.0 Å². The number of hydrogen-bond acceptors (Lipinski definition) is 5. The van der Waals surface area contributed by atoms with Crippen molar-refractivity contribution in [1.29, 1.82) is 0 Å². The zero-order chi connectivity index (χ0) is 20.1. The van der Waals surface area contributed by atoms with E-state index in [2.05, 4.69) is 15.1 Å². The Morgan fingerprint density at radius 2 is 2.04 bits per heavy atom. The van der Waals surface area contributed by atoms with E-state index in [0.717, 1.165) is 12.5 Å². The number of fused-ring (bicyclic) bond motifs is 2. The molecule has 0 spiro atoms. The van der Waals surface area contributed by atoms with Crippen LogP contribution in [-0.2, 0) is 0 Å². The maximum atomic E-state index is 12.7. The summed E-state index contributed by atoms with van der Waals surface area (Å²) in [4.78, 5) is 20.6. The van der Waals surface area contributed by atoms with Gasteiger partial charge in [-0.15, -0.1) is 0 Å². The summed E-state index contributed by atoms with van der Waals surface area (Å²) in [5.41, 5.74) is 3.51. The van der Waals surface area contributed by atoms with Crippen molar-refractivity contribution in [2.75, 3.05) is 0 Å². The Balaban J connectivity index is 1.77. The molecule has 0 unspecified atom stereocenters. The van der Waals surface area contributed by atoms with Gasteiger partial charge in [-0.3, -0.25) is 4.79 Å². The van der Waals surface area contributed by atoms with Crippen LogP contribution in [0.5, 0.6) is 0 Å². The predicted molar refractivity (Wildman–Crippen MR) is 93.7 cm³/mol. The minimum absolute atomic E-state index is 0.0847. The van der Waals surface area contributed by atoms with Crippen molar-refractivity contribution in [3.63, 3.8) is 0 Å². The van der Waals surface area contributed by atoms with Crippen molar-refractivity contribution in [3.05, 3.63) is 48.1 Å². The maximum Gasteiger partial charge on any atom is 0.408 e. The Kier molecular flexibility index (Phi) is 4.06. The fourth-order valence-corrected chi connectivity index (χ4v) is 2.79. The molecule has 0 fully saturated rings. The van der Waals surface area contributed by atoms with Gasteiger partial charge < -0.3 is 9.73 Å². The Morgan fingerprint density at radius 1 is 1.25 bits per heavy atom. The van der Waals surface area contributed by atoms with Crippen molar-refractivity contribution < 1.29 is 22.4 Å². The number of carbonyl (C=O) groups is 1. The van der Waals surface area contributed by atoms with E-state index in [-0.39, 0.29) is 5.69 Å². The predicted octanol–water partition coefficient (Wildman–Crippen LogP) is 3.53. The number of aromatic nitrogens is 4. The van der Waals surface area contributed by atoms with Gasteiger partial charge in [0.15, 0.2) is 23.3 Å². The van der Waals surface area contributed by atoms with Crippen LogP contribution in [0.2, 0.25) is 0 Å². The number of nitrogens with zero attached hydrogens (tertiary/aromatic N) is 4. The van der Waals surface area contributed by atoms with Crippen LogP contribution in [0.25, 0.3) is 28.0 Å². The molecule has 1 amide bonds.